The summed E-state index contributed by atoms with van der Waals surface area (Å²) in [6.07, 6.45) is 4.14. The molecule has 0 bridgehead atoms. The molecular weight excluding hydrogens is 234 g/mol. The average Bonchev–Trinajstić information content (AvgIpc) is 2.37. The molecule has 3 heteroatoms. The van der Waals surface area contributed by atoms with E-state index in [0.717, 1.165) is 35.7 Å². The lowest BCUT2D eigenvalue weighted by Gasteiger charge is -2.13. The molecule has 1 N–H and O–H groups in total. The van der Waals surface area contributed by atoms with Gasteiger partial charge in [-0.3, -0.25) is 4.98 Å². The molecule has 1 aromatic heterocycles. The summed E-state index contributed by atoms with van der Waals surface area (Å²) < 4.78 is 0. The normalized spacial score (nSPS) is 12.9. The van der Waals surface area contributed by atoms with E-state index in [-0.39, 0.29) is 0 Å². The largest absolute Gasteiger partial charge is 0.388 e. The van der Waals surface area contributed by atoms with Crippen molar-refractivity contribution < 1.29 is 5.11 Å². The van der Waals surface area contributed by atoms with Gasteiger partial charge in [-0.25, -0.2) is 0 Å². The third-order valence-electron chi connectivity index (χ3n) is 2.94. The molecule has 1 heterocycles. The van der Waals surface area contributed by atoms with E-state index >= 15 is 0 Å². The van der Waals surface area contributed by atoms with Crippen molar-refractivity contribution in [3.05, 3.63) is 41.0 Å². The molecule has 0 spiro atoms. The zero-order valence-corrected chi connectivity index (χ0v) is 10.6. The van der Waals surface area contributed by atoms with Gasteiger partial charge in [0.05, 0.1) is 11.6 Å². The van der Waals surface area contributed by atoms with E-state index < -0.39 is 6.10 Å². The second kappa shape index (κ2) is 5.48. The van der Waals surface area contributed by atoms with Gasteiger partial charge in [-0.2, -0.15) is 0 Å². The van der Waals surface area contributed by atoms with Crippen LogP contribution < -0.4 is 0 Å². The SMILES string of the molecule is CCCCC(O)c1ccc(Cl)c2cccnc12. The first-order valence-corrected chi connectivity index (χ1v) is 6.33. The van der Waals surface area contributed by atoms with Gasteiger partial charge in [-0.1, -0.05) is 37.4 Å². The number of pyridine rings is 1. The second-order valence-electron chi connectivity index (χ2n) is 4.19. The molecule has 0 aliphatic carbocycles. The van der Waals surface area contributed by atoms with E-state index in [9.17, 15) is 5.11 Å². The highest BCUT2D eigenvalue weighted by Gasteiger charge is 2.13. The quantitative estimate of drug-likeness (QED) is 0.885. The Kier molecular flexibility index (Phi) is 3.97. The van der Waals surface area contributed by atoms with E-state index in [1.54, 1.807) is 6.20 Å². The van der Waals surface area contributed by atoms with Gasteiger partial charge in [0.1, 0.15) is 0 Å². The Morgan fingerprint density at radius 2 is 2.18 bits per heavy atom. The van der Waals surface area contributed by atoms with Crippen LogP contribution in [0.4, 0.5) is 0 Å². The third-order valence-corrected chi connectivity index (χ3v) is 3.27. The lowest BCUT2D eigenvalue weighted by atomic mass is 10.0. The van der Waals surface area contributed by atoms with Crippen molar-refractivity contribution in [3.8, 4) is 0 Å². The van der Waals surface area contributed by atoms with Crippen molar-refractivity contribution in [2.45, 2.75) is 32.3 Å². The zero-order chi connectivity index (χ0) is 12.3. The van der Waals surface area contributed by atoms with Crippen LogP contribution >= 0.6 is 11.6 Å². The van der Waals surface area contributed by atoms with E-state index in [1.807, 2.05) is 24.3 Å². The molecule has 0 saturated heterocycles. The van der Waals surface area contributed by atoms with Crippen molar-refractivity contribution in [1.82, 2.24) is 4.98 Å². The lowest BCUT2D eigenvalue weighted by Crippen LogP contribution is -1.99. The fraction of sp³-hybridized carbons (Fsp3) is 0.357. The first-order chi connectivity index (χ1) is 8.24. The molecule has 1 atom stereocenters. The first kappa shape index (κ1) is 12.3. The van der Waals surface area contributed by atoms with Crippen LogP contribution in [0.15, 0.2) is 30.5 Å². The van der Waals surface area contributed by atoms with Gasteiger partial charge in [0.2, 0.25) is 0 Å². The number of benzene rings is 1. The number of rotatable bonds is 4. The van der Waals surface area contributed by atoms with Gasteiger partial charge in [0.25, 0.3) is 0 Å². The fourth-order valence-electron chi connectivity index (χ4n) is 1.98. The minimum absolute atomic E-state index is 0.454. The molecule has 0 fully saturated rings. The lowest BCUT2D eigenvalue weighted by molar-refractivity contribution is 0.165. The third kappa shape index (κ3) is 2.59. The molecule has 2 rings (SSSR count). The molecule has 0 radical (unpaired) electrons. The number of aromatic nitrogens is 1. The maximum Gasteiger partial charge on any atom is 0.0811 e. The highest BCUT2D eigenvalue weighted by molar-refractivity contribution is 6.35. The van der Waals surface area contributed by atoms with Gasteiger partial charge >= 0.3 is 0 Å². The highest BCUT2D eigenvalue weighted by Crippen LogP contribution is 2.30. The molecule has 0 aliphatic rings. The van der Waals surface area contributed by atoms with Crippen molar-refractivity contribution in [2.24, 2.45) is 0 Å². The molecule has 0 saturated carbocycles. The van der Waals surface area contributed by atoms with Crippen LogP contribution in [0, 0.1) is 0 Å². The van der Waals surface area contributed by atoms with Crippen LogP contribution in [0.3, 0.4) is 0 Å². The summed E-state index contributed by atoms with van der Waals surface area (Å²) >= 11 is 6.12. The Balaban J connectivity index is 2.44. The summed E-state index contributed by atoms with van der Waals surface area (Å²) in [5.41, 5.74) is 1.68. The molecule has 2 nitrogen and oxygen atoms in total. The summed E-state index contributed by atoms with van der Waals surface area (Å²) in [4.78, 5) is 4.33. The van der Waals surface area contributed by atoms with Crippen molar-refractivity contribution in [2.75, 3.05) is 0 Å². The Hall–Kier alpha value is -1.12. The predicted molar refractivity (Wildman–Crippen MR) is 71.2 cm³/mol. The van der Waals surface area contributed by atoms with Gasteiger partial charge in [0.15, 0.2) is 0 Å². The number of aliphatic hydroxyl groups is 1. The molecule has 0 aliphatic heterocycles. The summed E-state index contributed by atoms with van der Waals surface area (Å²) in [5.74, 6) is 0. The van der Waals surface area contributed by atoms with Crippen LogP contribution in [-0.2, 0) is 0 Å². The van der Waals surface area contributed by atoms with Crippen LogP contribution in [-0.4, -0.2) is 10.1 Å². The number of fused-ring (bicyclic) bond motifs is 1. The molecule has 1 aromatic carbocycles. The molecule has 0 amide bonds. The van der Waals surface area contributed by atoms with Crippen LogP contribution in [0.25, 0.3) is 10.9 Å². The number of hydrogen-bond donors (Lipinski definition) is 1. The minimum Gasteiger partial charge on any atom is -0.388 e. The number of halogens is 1. The summed E-state index contributed by atoms with van der Waals surface area (Å²) in [6, 6.07) is 7.49. The number of nitrogens with zero attached hydrogens (tertiary/aromatic N) is 1. The van der Waals surface area contributed by atoms with Gasteiger partial charge in [0, 0.05) is 22.2 Å². The zero-order valence-electron chi connectivity index (χ0n) is 9.86. The predicted octanol–water partition coefficient (Wildman–Crippen LogP) is 4.11. The van der Waals surface area contributed by atoms with Crippen molar-refractivity contribution in [3.63, 3.8) is 0 Å². The number of unbranched alkanes of at least 4 members (excludes halogenated alkanes) is 1. The summed E-state index contributed by atoms with van der Waals surface area (Å²) in [5, 5.41) is 11.7. The summed E-state index contributed by atoms with van der Waals surface area (Å²) in [7, 11) is 0. The summed E-state index contributed by atoms with van der Waals surface area (Å²) in [6.45, 7) is 2.12. The van der Waals surface area contributed by atoms with Crippen LogP contribution in [0.1, 0.15) is 37.9 Å². The van der Waals surface area contributed by atoms with E-state index in [1.165, 1.54) is 0 Å². The maximum atomic E-state index is 10.2. The Morgan fingerprint density at radius 1 is 1.35 bits per heavy atom. The van der Waals surface area contributed by atoms with Crippen molar-refractivity contribution >= 4 is 22.5 Å². The van der Waals surface area contributed by atoms with E-state index in [0.29, 0.717) is 5.02 Å². The fourth-order valence-corrected chi connectivity index (χ4v) is 2.20. The molecule has 1 unspecified atom stereocenters. The van der Waals surface area contributed by atoms with Gasteiger partial charge in [-0.05, 0) is 24.6 Å². The standard InChI is InChI=1S/C14H16ClNO/c1-2-3-6-13(17)11-7-8-12(15)10-5-4-9-16-14(10)11/h4-5,7-9,13,17H,2-3,6H2,1H3. The molecule has 17 heavy (non-hydrogen) atoms. The van der Waals surface area contributed by atoms with Gasteiger partial charge < -0.3 is 5.11 Å². The number of aliphatic hydroxyl groups excluding tert-OH is 1. The average molecular weight is 250 g/mol. The Morgan fingerprint density at radius 3 is 2.94 bits per heavy atom. The monoisotopic (exact) mass is 249 g/mol. The Bertz CT molecular complexity index is 513. The highest BCUT2D eigenvalue weighted by atomic mass is 35.5. The number of hydrogen-bond acceptors (Lipinski definition) is 2. The molecular formula is C14H16ClNO. The van der Waals surface area contributed by atoms with Crippen LogP contribution in [0.2, 0.25) is 5.02 Å². The first-order valence-electron chi connectivity index (χ1n) is 5.95. The second-order valence-corrected chi connectivity index (χ2v) is 4.60. The minimum atomic E-state index is -0.454. The molecule has 90 valence electrons. The van der Waals surface area contributed by atoms with Crippen molar-refractivity contribution in [1.29, 1.82) is 0 Å². The topological polar surface area (TPSA) is 33.1 Å². The maximum absolute atomic E-state index is 10.2. The smallest absolute Gasteiger partial charge is 0.0811 e. The Labute approximate surface area is 106 Å². The van der Waals surface area contributed by atoms with Gasteiger partial charge in [-0.15, -0.1) is 0 Å². The van der Waals surface area contributed by atoms with E-state index in [4.69, 9.17) is 11.6 Å². The van der Waals surface area contributed by atoms with E-state index in [2.05, 4.69) is 11.9 Å². The van der Waals surface area contributed by atoms with Crippen LogP contribution in [0.5, 0.6) is 0 Å². The molecule has 2 aromatic rings.